The second kappa shape index (κ2) is 1.66. The van der Waals surface area contributed by atoms with Crippen molar-refractivity contribution in [2.75, 3.05) is 0 Å². The van der Waals surface area contributed by atoms with Gasteiger partial charge in [-0.2, -0.15) is 0 Å². The molecular weight excluding hydrogens is 128 g/mol. The number of hydrogen-bond acceptors (Lipinski definition) is 2. The fourth-order valence-electron chi connectivity index (χ4n) is 1.10. The van der Waals surface area contributed by atoms with Crippen molar-refractivity contribution < 1.29 is 8.83 Å². The molecule has 2 nitrogen and oxygen atoms in total. The highest BCUT2D eigenvalue weighted by atomic mass is 16.4. The molecule has 0 atom stereocenters. The van der Waals surface area contributed by atoms with E-state index in [4.69, 9.17) is 8.83 Å². The molecule has 0 aromatic carbocycles. The fraction of sp³-hybridized carbons (Fsp3) is 0.250. The van der Waals surface area contributed by atoms with Gasteiger partial charge in [-0.05, 0) is 19.9 Å². The molecule has 0 amide bonds. The molecule has 2 aromatic rings. The second-order valence-corrected chi connectivity index (χ2v) is 2.43. The van der Waals surface area contributed by atoms with Gasteiger partial charge < -0.3 is 8.83 Å². The van der Waals surface area contributed by atoms with Crippen LogP contribution in [0.1, 0.15) is 11.5 Å². The van der Waals surface area contributed by atoms with E-state index in [2.05, 4.69) is 0 Å². The molecule has 10 heavy (non-hydrogen) atoms. The van der Waals surface area contributed by atoms with Gasteiger partial charge in [-0.1, -0.05) is 0 Å². The minimum atomic E-state index is 0.850. The van der Waals surface area contributed by atoms with Crippen LogP contribution in [0.5, 0.6) is 0 Å². The average Bonchev–Trinajstić information content (AvgIpc) is 2.35. The third-order valence-electron chi connectivity index (χ3n) is 1.57. The SMILES string of the molecule is Cc1cc2coc(C)c2o1. The van der Waals surface area contributed by atoms with Crippen LogP contribution < -0.4 is 0 Å². The summed E-state index contributed by atoms with van der Waals surface area (Å²) in [7, 11) is 0. The first kappa shape index (κ1) is 5.59. The van der Waals surface area contributed by atoms with Crippen LogP contribution in [0.2, 0.25) is 0 Å². The molecule has 52 valence electrons. The third kappa shape index (κ3) is 0.588. The predicted octanol–water partition coefficient (Wildman–Crippen LogP) is 2.64. The van der Waals surface area contributed by atoms with Gasteiger partial charge in [0.05, 0.1) is 5.39 Å². The van der Waals surface area contributed by atoms with Crippen LogP contribution in [-0.2, 0) is 0 Å². The van der Waals surface area contributed by atoms with Crippen molar-refractivity contribution in [1.82, 2.24) is 0 Å². The zero-order valence-electron chi connectivity index (χ0n) is 5.97. The number of hydrogen-bond donors (Lipinski definition) is 0. The quantitative estimate of drug-likeness (QED) is 0.556. The molecule has 2 heteroatoms. The molecule has 0 aliphatic heterocycles. The van der Waals surface area contributed by atoms with Crippen molar-refractivity contribution in [2.24, 2.45) is 0 Å². The summed E-state index contributed by atoms with van der Waals surface area (Å²) in [5, 5.41) is 1.05. The summed E-state index contributed by atoms with van der Waals surface area (Å²) >= 11 is 0. The summed E-state index contributed by atoms with van der Waals surface area (Å²) in [6, 6.07) is 1.96. The minimum Gasteiger partial charge on any atom is -0.465 e. The van der Waals surface area contributed by atoms with Gasteiger partial charge in [-0.3, -0.25) is 0 Å². The molecule has 2 aromatic heterocycles. The topological polar surface area (TPSA) is 26.3 Å². The van der Waals surface area contributed by atoms with E-state index in [-0.39, 0.29) is 0 Å². The van der Waals surface area contributed by atoms with E-state index in [0.29, 0.717) is 0 Å². The Labute approximate surface area is 58.4 Å². The summed E-state index contributed by atoms with van der Waals surface area (Å²) in [5.41, 5.74) is 0.873. The van der Waals surface area contributed by atoms with Gasteiger partial charge in [0, 0.05) is 0 Å². The second-order valence-electron chi connectivity index (χ2n) is 2.43. The molecule has 0 bridgehead atoms. The number of fused-ring (bicyclic) bond motifs is 1. The monoisotopic (exact) mass is 136 g/mol. The highest BCUT2D eigenvalue weighted by Crippen LogP contribution is 2.23. The summed E-state index contributed by atoms with van der Waals surface area (Å²) in [6.07, 6.45) is 1.71. The molecule has 0 saturated heterocycles. The summed E-state index contributed by atoms with van der Waals surface area (Å²) < 4.78 is 10.5. The van der Waals surface area contributed by atoms with Gasteiger partial charge in [0.2, 0.25) is 0 Å². The maximum atomic E-state index is 5.34. The van der Waals surface area contributed by atoms with Crippen LogP contribution in [-0.4, -0.2) is 0 Å². The Balaban J connectivity index is 2.90. The molecule has 0 saturated carbocycles. The van der Waals surface area contributed by atoms with E-state index in [9.17, 15) is 0 Å². The van der Waals surface area contributed by atoms with E-state index in [1.165, 1.54) is 0 Å². The van der Waals surface area contributed by atoms with Crippen LogP contribution in [0.4, 0.5) is 0 Å². The summed E-state index contributed by atoms with van der Waals surface area (Å²) in [4.78, 5) is 0. The van der Waals surface area contributed by atoms with Gasteiger partial charge in [-0.25, -0.2) is 0 Å². The molecule has 0 unspecified atom stereocenters. The Bertz CT molecular complexity index is 354. The zero-order valence-corrected chi connectivity index (χ0v) is 5.97. The Morgan fingerprint density at radius 2 is 2.10 bits per heavy atom. The van der Waals surface area contributed by atoms with Gasteiger partial charge in [0.25, 0.3) is 0 Å². The lowest BCUT2D eigenvalue weighted by molar-refractivity contribution is 0.511. The first-order chi connectivity index (χ1) is 4.77. The molecular formula is C8H8O2. The van der Waals surface area contributed by atoms with Crippen LogP contribution in [0.25, 0.3) is 11.0 Å². The van der Waals surface area contributed by atoms with Crippen LogP contribution in [0.3, 0.4) is 0 Å². The van der Waals surface area contributed by atoms with Crippen molar-refractivity contribution >= 4 is 11.0 Å². The Morgan fingerprint density at radius 1 is 1.30 bits per heavy atom. The highest BCUT2D eigenvalue weighted by molar-refractivity contribution is 5.78. The summed E-state index contributed by atoms with van der Waals surface area (Å²) in [6.45, 7) is 3.82. The van der Waals surface area contributed by atoms with E-state index in [1.807, 2.05) is 19.9 Å². The number of furan rings is 2. The van der Waals surface area contributed by atoms with E-state index >= 15 is 0 Å². The van der Waals surface area contributed by atoms with Crippen molar-refractivity contribution in [3.05, 3.63) is 23.9 Å². The first-order valence-electron chi connectivity index (χ1n) is 3.21. The fourth-order valence-corrected chi connectivity index (χ4v) is 1.10. The van der Waals surface area contributed by atoms with Gasteiger partial charge >= 0.3 is 0 Å². The largest absolute Gasteiger partial charge is 0.465 e. The first-order valence-corrected chi connectivity index (χ1v) is 3.21. The smallest absolute Gasteiger partial charge is 0.175 e. The van der Waals surface area contributed by atoms with E-state index < -0.39 is 0 Å². The molecule has 0 N–H and O–H groups in total. The van der Waals surface area contributed by atoms with Gasteiger partial charge in [0.1, 0.15) is 17.8 Å². The van der Waals surface area contributed by atoms with Crippen molar-refractivity contribution in [3.8, 4) is 0 Å². The standard InChI is InChI=1S/C8H8O2/c1-5-3-7-4-9-6(2)8(7)10-5/h3-4H,1-2H3. The molecule has 0 aliphatic rings. The van der Waals surface area contributed by atoms with Crippen LogP contribution in [0.15, 0.2) is 21.2 Å². The van der Waals surface area contributed by atoms with E-state index in [0.717, 1.165) is 22.5 Å². The average molecular weight is 136 g/mol. The third-order valence-corrected chi connectivity index (χ3v) is 1.57. The normalized spacial score (nSPS) is 11.0. The van der Waals surface area contributed by atoms with E-state index in [1.54, 1.807) is 6.26 Å². The lowest BCUT2D eigenvalue weighted by atomic mass is 10.3. The molecule has 2 rings (SSSR count). The molecule has 0 aliphatic carbocycles. The van der Waals surface area contributed by atoms with Crippen molar-refractivity contribution in [2.45, 2.75) is 13.8 Å². The predicted molar refractivity (Wildman–Crippen MR) is 38.0 cm³/mol. The zero-order chi connectivity index (χ0) is 7.14. The molecule has 0 spiro atoms. The van der Waals surface area contributed by atoms with Crippen LogP contribution in [0, 0.1) is 13.8 Å². The number of aryl methyl sites for hydroxylation is 2. The molecule has 0 radical (unpaired) electrons. The maximum Gasteiger partial charge on any atom is 0.175 e. The Kier molecular flexibility index (Phi) is 0.926. The lowest BCUT2D eigenvalue weighted by Gasteiger charge is -1.80. The van der Waals surface area contributed by atoms with Crippen molar-refractivity contribution in [3.63, 3.8) is 0 Å². The van der Waals surface area contributed by atoms with Crippen molar-refractivity contribution in [1.29, 1.82) is 0 Å². The summed E-state index contributed by atoms with van der Waals surface area (Å²) in [5.74, 6) is 1.78. The van der Waals surface area contributed by atoms with Gasteiger partial charge in [-0.15, -0.1) is 0 Å². The Morgan fingerprint density at radius 3 is 2.80 bits per heavy atom. The highest BCUT2D eigenvalue weighted by Gasteiger charge is 2.05. The lowest BCUT2D eigenvalue weighted by Crippen LogP contribution is -1.58. The maximum absolute atomic E-state index is 5.34. The van der Waals surface area contributed by atoms with Gasteiger partial charge in [0.15, 0.2) is 5.58 Å². The minimum absolute atomic E-state index is 0.850. The molecule has 2 heterocycles. The molecule has 0 fully saturated rings. The van der Waals surface area contributed by atoms with Crippen LogP contribution >= 0.6 is 0 Å². The Hall–Kier alpha value is -1.18. The number of rotatable bonds is 0.